The SMILES string of the molecule is Cc1cc(-c2cc(CS(=O)O)ccc2Oc2ccc(Cl)cc2)c(C(=O)O)cc1C(=O)O. The van der Waals surface area contributed by atoms with Crippen LogP contribution in [0, 0.1) is 6.92 Å². The highest BCUT2D eigenvalue weighted by molar-refractivity contribution is 7.78. The number of benzene rings is 3. The van der Waals surface area contributed by atoms with Gasteiger partial charge in [-0.25, -0.2) is 13.8 Å². The number of carbonyl (C=O) groups is 2. The van der Waals surface area contributed by atoms with Gasteiger partial charge in [-0.2, -0.15) is 0 Å². The van der Waals surface area contributed by atoms with E-state index in [2.05, 4.69) is 0 Å². The van der Waals surface area contributed by atoms with E-state index in [1.807, 2.05) is 0 Å². The zero-order chi connectivity index (χ0) is 22.7. The van der Waals surface area contributed by atoms with Gasteiger partial charge in [0.05, 0.1) is 16.9 Å². The average Bonchev–Trinajstić information content (AvgIpc) is 2.69. The van der Waals surface area contributed by atoms with Crippen molar-refractivity contribution in [2.75, 3.05) is 0 Å². The third-order valence-corrected chi connectivity index (χ3v) is 5.32. The minimum Gasteiger partial charge on any atom is -0.478 e. The molecule has 160 valence electrons. The van der Waals surface area contributed by atoms with Gasteiger partial charge < -0.3 is 19.5 Å². The van der Waals surface area contributed by atoms with Gasteiger partial charge in [0.25, 0.3) is 0 Å². The van der Waals surface area contributed by atoms with Crippen LogP contribution in [-0.4, -0.2) is 30.9 Å². The Balaban J connectivity index is 2.22. The Morgan fingerprint density at radius 2 is 1.58 bits per heavy atom. The Labute approximate surface area is 185 Å². The largest absolute Gasteiger partial charge is 0.478 e. The van der Waals surface area contributed by atoms with Crippen molar-refractivity contribution in [3.05, 3.63) is 81.9 Å². The first-order valence-corrected chi connectivity index (χ1v) is 10.6. The zero-order valence-electron chi connectivity index (χ0n) is 16.2. The number of carboxylic acid groups (broad SMARTS) is 2. The van der Waals surface area contributed by atoms with E-state index in [1.54, 1.807) is 49.4 Å². The third-order valence-electron chi connectivity index (χ3n) is 4.49. The summed E-state index contributed by atoms with van der Waals surface area (Å²) in [6.07, 6.45) is 0. The van der Waals surface area contributed by atoms with E-state index in [9.17, 15) is 28.6 Å². The number of hydrogen-bond acceptors (Lipinski definition) is 4. The van der Waals surface area contributed by atoms with E-state index in [4.69, 9.17) is 16.3 Å². The van der Waals surface area contributed by atoms with Gasteiger partial charge in [-0.15, -0.1) is 0 Å². The van der Waals surface area contributed by atoms with Crippen LogP contribution in [0.4, 0.5) is 0 Å². The molecule has 0 bridgehead atoms. The van der Waals surface area contributed by atoms with Crippen molar-refractivity contribution in [3.63, 3.8) is 0 Å². The van der Waals surface area contributed by atoms with E-state index in [0.29, 0.717) is 33.2 Å². The summed E-state index contributed by atoms with van der Waals surface area (Å²) in [5, 5.41) is 19.6. The number of ether oxygens (including phenoxy) is 1. The highest BCUT2D eigenvalue weighted by atomic mass is 35.5. The van der Waals surface area contributed by atoms with Crippen LogP contribution < -0.4 is 4.74 Å². The van der Waals surface area contributed by atoms with Crippen LogP contribution in [0.5, 0.6) is 11.5 Å². The number of aromatic carboxylic acids is 2. The van der Waals surface area contributed by atoms with Gasteiger partial charge in [0, 0.05) is 16.1 Å². The first kappa shape index (κ1) is 22.5. The number of rotatable bonds is 7. The van der Waals surface area contributed by atoms with Crippen LogP contribution in [0.25, 0.3) is 11.1 Å². The molecule has 3 aromatic rings. The molecule has 0 saturated carbocycles. The van der Waals surface area contributed by atoms with Crippen molar-refractivity contribution in [2.45, 2.75) is 12.7 Å². The van der Waals surface area contributed by atoms with Crippen molar-refractivity contribution in [3.8, 4) is 22.6 Å². The summed E-state index contributed by atoms with van der Waals surface area (Å²) < 4.78 is 26.5. The van der Waals surface area contributed by atoms with Crippen molar-refractivity contribution in [2.24, 2.45) is 0 Å². The molecular weight excluding hydrogens is 444 g/mol. The van der Waals surface area contributed by atoms with Crippen LogP contribution in [0.1, 0.15) is 31.8 Å². The summed E-state index contributed by atoms with van der Waals surface area (Å²) in [6.45, 7) is 1.56. The highest BCUT2D eigenvalue weighted by Crippen LogP contribution is 2.38. The average molecular weight is 461 g/mol. The molecule has 0 aliphatic carbocycles. The van der Waals surface area contributed by atoms with E-state index in [1.165, 1.54) is 6.07 Å². The molecule has 0 aliphatic rings. The first-order chi connectivity index (χ1) is 14.7. The molecule has 0 fully saturated rings. The smallest absolute Gasteiger partial charge is 0.336 e. The molecule has 0 saturated heterocycles. The zero-order valence-corrected chi connectivity index (χ0v) is 17.7. The fraction of sp³-hybridized carbons (Fsp3) is 0.0909. The number of hydrogen-bond donors (Lipinski definition) is 3. The Bertz CT molecular complexity index is 1190. The molecule has 3 rings (SSSR count). The molecule has 7 nitrogen and oxygen atoms in total. The van der Waals surface area contributed by atoms with Crippen LogP contribution in [0.2, 0.25) is 5.02 Å². The van der Waals surface area contributed by atoms with E-state index < -0.39 is 23.0 Å². The minimum absolute atomic E-state index is 0.131. The van der Waals surface area contributed by atoms with Crippen molar-refractivity contribution < 1.29 is 33.3 Å². The molecule has 3 aromatic carbocycles. The molecule has 0 aromatic heterocycles. The summed E-state index contributed by atoms with van der Waals surface area (Å²) in [7, 11) is 0. The van der Waals surface area contributed by atoms with Gasteiger partial charge >= 0.3 is 11.9 Å². The van der Waals surface area contributed by atoms with Gasteiger partial charge in [-0.3, -0.25) is 0 Å². The topological polar surface area (TPSA) is 121 Å². The Morgan fingerprint density at radius 1 is 0.935 bits per heavy atom. The van der Waals surface area contributed by atoms with Crippen LogP contribution in [-0.2, 0) is 16.8 Å². The Morgan fingerprint density at radius 3 is 2.16 bits per heavy atom. The summed E-state index contributed by atoms with van der Waals surface area (Å²) in [5.41, 5.74) is 1.05. The van der Waals surface area contributed by atoms with Gasteiger partial charge in [-0.05, 0) is 66.6 Å². The van der Waals surface area contributed by atoms with Crippen LogP contribution in [0.3, 0.4) is 0 Å². The summed E-state index contributed by atoms with van der Waals surface area (Å²) in [4.78, 5) is 23.4. The fourth-order valence-electron chi connectivity index (χ4n) is 3.08. The predicted molar refractivity (Wildman–Crippen MR) is 117 cm³/mol. The molecule has 0 heterocycles. The molecule has 3 N–H and O–H groups in total. The third kappa shape index (κ3) is 5.29. The Kier molecular flexibility index (Phi) is 6.74. The van der Waals surface area contributed by atoms with Gasteiger partial charge in [0.1, 0.15) is 11.5 Å². The van der Waals surface area contributed by atoms with Crippen LogP contribution in [0.15, 0.2) is 54.6 Å². The van der Waals surface area contributed by atoms with E-state index in [-0.39, 0.29) is 22.4 Å². The first-order valence-electron chi connectivity index (χ1n) is 8.91. The molecule has 0 amide bonds. The quantitative estimate of drug-likeness (QED) is 0.413. The maximum Gasteiger partial charge on any atom is 0.336 e. The summed E-state index contributed by atoms with van der Waals surface area (Å²) >= 11 is 3.80. The number of aryl methyl sites for hydroxylation is 1. The van der Waals surface area contributed by atoms with Crippen molar-refractivity contribution >= 4 is 34.6 Å². The molecule has 9 heteroatoms. The molecule has 1 atom stereocenters. The van der Waals surface area contributed by atoms with Gasteiger partial charge in [-0.1, -0.05) is 17.7 Å². The number of halogens is 1. The van der Waals surface area contributed by atoms with E-state index in [0.717, 1.165) is 6.07 Å². The van der Waals surface area contributed by atoms with Crippen molar-refractivity contribution in [1.82, 2.24) is 0 Å². The highest BCUT2D eigenvalue weighted by Gasteiger charge is 2.21. The predicted octanol–water partition coefficient (Wildman–Crippen LogP) is 5.23. The monoisotopic (exact) mass is 460 g/mol. The van der Waals surface area contributed by atoms with E-state index >= 15 is 0 Å². The second-order valence-corrected chi connectivity index (χ2v) is 8.04. The van der Waals surface area contributed by atoms with Gasteiger partial charge in [0.15, 0.2) is 11.1 Å². The summed E-state index contributed by atoms with van der Waals surface area (Å²) in [5.74, 6) is -1.98. The lowest BCUT2D eigenvalue weighted by Gasteiger charge is -2.16. The standard InChI is InChI=1S/C22H17ClO7S/c1-12-8-17(19(22(26)27)10-16(12)21(24)25)18-9-13(11-31(28)29)2-7-20(18)30-15-5-3-14(23)4-6-15/h2-10H,11H2,1H3,(H,24,25)(H,26,27)(H,28,29). The second-order valence-electron chi connectivity index (χ2n) is 6.68. The molecular formula is C22H17ClO7S. The van der Waals surface area contributed by atoms with Gasteiger partial charge in [0.2, 0.25) is 0 Å². The van der Waals surface area contributed by atoms with Crippen LogP contribution >= 0.6 is 11.6 Å². The maximum atomic E-state index is 11.9. The maximum absolute atomic E-state index is 11.9. The second kappa shape index (κ2) is 9.30. The lowest BCUT2D eigenvalue weighted by molar-refractivity contribution is 0.0695. The summed E-state index contributed by atoms with van der Waals surface area (Å²) in [6, 6.07) is 13.8. The lowest BCUT2D eigenvalue weighted by Crippen LogP contribution is -2.07. The molecule has 0 radical (unpaired) electrons. The molecule has 0 aliphatic heterocycles. The molecule has 0 spiro atoms. The normalized spacial score (nSPS) is 11.7. The van der Waals surface area contributed by atoms with Crippen molar-refractivity contribution in [1.29, 1.82) is 0 Å². The minimum atomic E-state index is -2.11. The fourth-order valence-corrected chi connectivity index (χ4v) is 3.67. The number of carboxylic acids is 2. The molecule has 1 unspecified atom stereocenters. The lowest BCUT2D eigenvalue weighted by atomic mass is 9.92. The molecule has 31 heavy (non-hydrogen) atoms. The Hall–Kier alpha value is -3.20.